The predicted molar refractivity (Wildman–Crippen MR) is 74.7 cm³/mol. The molecule has 0 amide bonds. The van der Waals surface area contributed by atoms with E-state index in [1.165, 1.54) is 5.56 Å². The number of benzene rings is 2. The van der Waals surface area contributed by atoms with Crippen LogP contribution in [0.4, 0.5) is 0 Å². The number of hydrogen-bond donors (Lipinski definition) is 1. The zero-order valence-electron chi connectivity index (χ0n) is 9.50. The zero-order chi connectivity index (χ0) is 12.3. The Labute approximate surface area is 111 Å². The number of halogens is 2. The van der Waals surface area contributed by atoms with E-state index < -0.39 is 0 Å². The molecule has 0 fully saturated rings. The lowest BCUT2D eigenvalue weighted by Gasteiger charge is -2.11. The highest BCUT2D eigenvalue weighted by molar-refractivity contribution is 6.34. The number of rotatable bonds is 3. The highest BCUT2D eigenvalue weighted by Crippen LogP contribution is 2.32. The first-order chi connectivity index (χ1) is 8.22. The van der Waals surface area contributed by atoms with Crippen molar-refractivity contribution in [2.45, 2.75) is 6.54 Å². The minimum atomic E-state index is 0.722. The Balaban J connectivity index is 2.57. The lowest BCUT2D eigenvalue weighted by atomic mass is 9.99. The lowest BCUT2D eigenvalue weighted by Crippen LogP contribution is -2.06. The molecule has 1 nitrogen and oxygen atoms in total. The lowest BCUT2D eigenvalue weighted by molar-refractivity contribution is 0.819. The Morgan fingerprint density at radius 1 is 1.00 bits per heavy atom. The van der Waals surface area contributed by atoms with E-state index in [2.05, 4.69) is 5.32 Å². The molecule has 2 rings (SSSR count). The van der Waals surface area contributed by atoms with Gasteiger partial charge in [-0.15, -0.1) is 0 Å². The van der Waals surface area contributed by atoms with Crippen molar-refractivity contribution in [2.75, 3.05) is 7.05 Å². The van der Waals surface area contributed by atoms with E-state index in [0.717, 1.165) is 27.7 Å². The third-order valence-corrected chi connectivity index (χ3v) is 3.17. The molecule has 0 unspecified atom stereocenters. The summed E-state index contributed by atoms with van der Waals surface area (Å²) < 4.78 is 0. The molecule has 1 N–H and O–H groups in total. The third-order valence-electron chi connectivity index (χ3n) is 2.60. The van der Waals surface area contributed by atoms with Gasteiger partial charge in [-0.3, -0.25) is 0 Å². The van der Waals surface area contributed by atoms with Crippen molar-refractivity contribution in [3.63, 3.8) is 0 Å². The van der Waals surface area contributed by atoms with Crippen molar-refractivity contribution in [3.8, 4) is 11.1 Å². The second-order valence-corrected chi connectivity index (χ2v) is 4.66. The number of hydrogen-bond acceptors (Lipinski definition) is 1. The highest BCUT2D eigenvalue weighted by atomic mass is 35.5. The molecule has 0 radical (unpaired) electrons. The second-order valence-electron chi connectivity index (χ2n) is 3.81. The molecule has 2 aromatic rings. The summed E-state index contributed by atoms with van der Waals surface area (Å²) in [7, 11) is 1.92. The maximum atomic E-state index is 6.22. The van der Waals surface area contributed by atoms with E-state index in [-0.39, 0.29) is 0 Å². The molecule has 0 aliphatic heterocycles. The molecule has 0 aliphatic rings. The van der Waals surface area contributed by atoms with Crippen molar-refractivity contribution in [1.29, 1.82) is 0 Å². The second kappa shape index (κ2) is 5.54. The van der Waals surface area contributed by atoms with E-state index in [4.69, 9.17) is 23.2 Å². The van der Waals surface area contributed by atoms with Crippen molar-refractivity contribution in [1.82, 2.24) is 5.32 Å². The highest BCUT2D eigenvalue weighted by Gasteiger charge is 2.08. The van der Waals surface area contributed by atoms with Gasteiger partial charge in [0.25, 0.3) is 0 Å². The molecule has 0 aliphatic carbocycles. The molecule has 0 saturated heterocycles. The third kappa shape index (κ3) is 2.81. The van der Waals surface area contributed by atoms with Gasteiger partial charge in [-0.2, -0.15) is 0 Å². The van der Waals surface area contributed by atoms with Gasteiger partial charge in [0.05, 0.1) is 0 Å². The summed E-state index contributed by atoms with van der Waals surface area (Å²) in [4.78, 5) is 0. The van der Waals surface area contributed by atoms with Gasteiger partial charge in [-0.1, -0.05) is 47.5 Å². The van der Waals surface area contributed by atoms with Gasteiger partial charge in [-0.05, 0) is 36.4 Å². The summed E-state index contributed by atoms with van der Waals surface area (Å²) >= 11 is 12.3. The first kappa shape index (κ1) is 12.4. The molecule has 0 spiro atoms. The summed E-state index contributed by atoms with van der Waals surface area (Å²) in [5, 5.41) is 4.61. The summed E-state index contributed by atoms with van der Waals surface area (Å²) in [6.45, 7) is 0.789. The Morgan fingerprint density at radius 3 is 2.47 bits per heavy atom. The summed E-state index contributed by atoms with van der Waals surface area (Å²) in [6.07, 6.45) is 0. The minimum absolute atomic E-state index is 0.722. The van der Waals surface area contributed by atoms with E-state index in [1.54, 1.807) is 0 Å². The van der Waals surface area contributed by atoms with Gasteiger partial charge < -0.3 is 5.32 Å². The van der Waals surface area contributed by atoms with E-state index in [0.29, 0.717) is 0 Å². The fourth-order valence-corrected chi connectivity index (χ4v) is 2.23. The van der Waals surface area contributed by atoms with Crippen LogP contribution in [0.15, 0.2) is 42.5 Å². The molecule has 0 aromatic heterocycles. The number of nitrogens with one attached hydrogen (secondary N) is 1. The monoisotopic (exact) mass is 265 g/mol. The molecule has 3 heteroatoms. The summed E-state index contributed by atoms with van der Waals surface area (Å²) in [5.74, 6) is 0. The molecule has 2 aromatic carbocycles. The van der Waals surface area contributed by atoms with E-state index in [9.17, 15) is 0 Å². The Morgan fingerprint density at radius 2 is 1.76 bits per heavy atom. The molecule has 0 atom stereocenters. The van der Waals surface area contributed by atoms with Gasteiger partial charge in [0.2, 0.25) is 0 Å². The van der Waals surface area contributed by atoms with Crippen LogP contribution in [0.5, 0.6) is 0 Å². The van der Waals surface area contributed by atoms with Gasteiger partial charge in [-0.25, -0.2) is 0 Å². The van der Waals surface area contributed by atoms with Gasteiger partial charge in [0.15, 0.2) is 0 Å². The van der Waals surface area contributed by atoms with Crippen LogP contribution in [-0.2, 0) is 6.54 Å². The fourth-order valence-electron chi connectivity index (χ4n) is 1.82. The van der Waals surface area contributed by atoms with Crippen LogP contribution in [0.3, 0.4) is 0 Å². The Kier molecular flexibility index (Phi) is 4.06. The van der Waals surface area contributed by atoms with Crippen LogP contribution in [0.1, 0.15) is 5.56 Å². The molecular weight excluding hydrogens is 253 g/mol. The summed E-state index contributed by atoms with van der Waals surface area (Å²) in [5.41, 5.74) is 3.28. The normalized spacial score (nSPS) is 10.5. The largest absolute Gasteiger partial charge is 0.316 e. The van der Waals surface area contributed by atoms with Crippen LogP contribution in [0.2, 0.25) is 10.0 Å². The van der Waals surface area contributed by atoms with Gasteiger partial charge >= 0.3 is 0 Å². The van der Waals surface area contributed by atoms with Crippen molar-refractivity contribution >= 4 is 23.2 Å². The molecule has 0 bridgehead atoms. The van der Waals surface area contributed by atoms with Crippen LogP contribution in [-0.4, -0.2) is 7.05 Å². The van der Waals surface area contributed by atoms with Crippen molar-refractivity contribution in [3.05, 3.63) is 58.1 Å². The quantitative estimate of drug-likeness (QED) is 0.869. The van der Waals surface area contributed by atoms with Gasteiger partial charge in [0, 0.05) is 22.2 Å². The average Bonchev–Trinajstić information content (AvgIpc) is 2.32. The van der Waals surface area contributed by atoms with Crippen LogP contribution >= 0.6 is 23.2 Å². The molecule has 0 saturated carbocycles. The predicted octanol–water partition coefficient (Wildman–Crippen LogP) is 4.38. The summed E-state index contributed by atoms with van der Waals surface area (Å²) in [6, 6.07) is 13.7. The fraction of sp³-hybridized carbons (Fsp3) is 0.143. The molecular formula is C14H13Cl2N. The van der Waals surface area contributed by atoms with Crippen molar-refractivity contribution < 1.29 is 0 Å². The zero-order valence-corrected chi connectivity index (χ0v) is 11.0. The maximum Gasteiger partial charge on any atom is 0.0484 e. The van der Waals surface area contributed by atoms with Crippen LogP contribution in [0, 0.1) is 0 Å². The van der Waals surface area contributed by atoms with Crippen LogP contribution < -0.4 is 5.32 Å². The maximum absolute atomic E-state index is 6.22. The van der Waals surface area contributed by atoms with E-state index >= 15 is 0 Å². The van der Waals surface area contributed by atoms with Crippen molar-refractivity contribution in [2.24, 2.45) is 0 Å². The topological polar surface area (TPSA) is 12.0 Å². The van der Waals surface area contributed by atoms with Gasteiger partial charge in [0.1, 0.15) is 0 Å². The van der Waals surface area contributed by atoms with E-state index in [1.807, 2.05) is 49.5 Å². The SMILES string of the molecule is CNCc1ccc(Cl)cc1-c1ccccc1Cl. The van der Waals surface area contributed by atoms with Crippen LogP contribution in [0.25, 0.3) is 11.1 Å². The Hall–Kier alpha value is -1.02. The first-order valence-electron chi connectivity index (χ1n) is 5.40. The first-order valence-corrected chi connectivity index (χ1v) is 6.16. The molecule has 0 heterocycles. The molecule has 88 valence electrons. The Bertz CT molecular complexity index is 523. The molecule has 17 heavy (non-hydrogen) atoms. The minimum Gasteiger partial charge on any atom is -0.316 e. The standard InChI is InChI=1S/C14H13Cl2N/c1-17-9-10-6-7-11(15)8-13(10)12-4-2-3-5-14(12)16/h2-8,17H,9H2,1H3. The average molecular weight is 266 g/mol. The smallest absolute Gasteiger partial charge is 0.0484 e.